The van der Waals surface area contributed by atoms with Crippen molar-refractivity contribution < 1.29 is 23.8 Å². The van der Waals surface area contributed by atoms with E-state index in [1.54, 1.807) is 0 Å². The van der Waals surface area contributed by atoms with Crippen LogP contribution in [0.3, 0.4) is 0 Å². The molecule has 8 atom stereocenters. The third-order valence-corrected chi connectivity index (χ3v) is 7.35. The van der Waals surface area contributed by atoms with Crippen LogP contribution in [0.5, 0.6) is 0 Å². The first-order chi connectivity index (χ1) is 12.3. The summed E-state index contributed by atoms with van der Waals surface area (Å²) >= 11 is 0. The molecule has 0 amide bonds. The maximum atomic E-state index is 11.6. The van der Waals surface area contributed by atoms with Gasteiger partial charge in [0.1, 0.15) is 0 Å². The normalized spacial score (nSPS) is 46.0. The molecular formula is C21H32O5. The molecule has 0 aromatic carbocycles. The molecule has 3 saturated carbocycles. The van der Waals surface area contributed by atoms with Gasteiger partial charge in [0.15, 0.2) is 0 Å². The van der Waals surface area contributed by atoms with E-state index in [2.05, 4.69) is 13.8 Å². The van der Waals surface area contributed by atoms with E-state index in [4.69, 9.17) is 14.2 Å². The number of fused-ring (bicyclic) bond motifs is 3. The van der Waals surface area contributed by atoms with Crippen LogP contribution in [-0.2, 0) is 23.8 Å². The predicted molar refractivity (Wildman–Crippen MR) is 94.6 cm³/mol. The first-order valence-corrected chi connectivity index (χ1v) is 10.3. The smallest absolute Gasteiger partial charge is 0.304 e. The van der Waals surface area contributed by atoms with Crippen molar-refractivity contribution in [1.29, 1.82) is 0 Å². The summed E-state index contributed by atoms with van der Waals surface area (Å²) < 4.78 is 16.9. The third kappa shape index (κ3) is 3.28. The number of carbonyl (C=O) groups is 2. The molecule has 0 N–H and O–H groups in total. The van der Waals surface area contributed by atoms with E-state index in [0.717, 1.165) is 24.2 Å². The summed E-state index contributed by atoms with van der Waals surface area (Å²) in [5.41, 5.74) is 0.440. The highest BCUT2D eigenvalue weighted by atomic mass is 16.8. The second-order valence-electron chi connectivity index (χ2n) is 9.75. The number of esters is 2. The van der Waals surface area contributed by atoms with Gasteiger partial charge in [0.25, 0.3) is 0 Å². The van der Waals surface area contributed by atoms with E-state index in [9.17, 15) is 9.59 Å². The predicted octanol–water partition coefficient (Wildman–Crippen LogP) is 3.90. The van der Waals surface area contributed by atoms with Crippen molar-refractivity contribution in [1.82, 2.24) is 0 Å². The molecule has 0 spiro atoms. The van der Waals surface area contributed by atoms with Gasteiger partial charge in [-0.3, -0.25) is 9.59 Å². The Hall–Kier alpha value is -1.10. The quantitative estimate of drug-likeness (QED) is 0.711. The van der Waals surface area contributed by atoms with Crippen molar-refractivity contribution in [3.05, 3.63) is 0 Å². The van der Waals surface area contributed by atoms with E-state index in [1.807, 2.05) is 0 Å². The number of hydrogen-bond donors (Lipinski definition) is 0. The van der Waals surface area contributed by atoms with E-state index in [1.165, 1.54) is 46.0 Å². The fourth-order valence-electron chi connectivity index (χ4n) is 6.54. The fraction of sp³-hybridized carbons (Fsp3) is 0.905. The molecule has 0 aromatic rings. The molecule has 0 radical (unpaired) electrons. The molecular weight excluding hydrogens is 332 g/mol. The second-order valence-corrected chi connectivity index (χ2v) is 9.75. The van der Waals surface area contributed by atoms with Gasteiger partial charge in [-0.2, -0.15) is 0 Å². The lowest BCUT2D eigenvalue weighted by atomic mass is 9.70. The molecule has 5 nitrogen and oxygen atoms in total. The molecule has 3 aliphatic carbocycles. The van der Waals surface area contributed by atoms with Gasteiger partial charge < -0.3 is 14.2 Å². The van der Waals surface area contributed by atoms with Gasteiger partial charge in [0.2, 0.25) is 12.6 Å². The SMILES string of the molecule is CC(=O)O[C@@H]1O[C@H](OC(C)=O)[C@H]2C3C(C4CCCC(C)(C)C4)[C@@H]3CC[C@@H]12. The van der Waals surface area contributed by atoms with Crippen LogP contribution in [0, 0.1) is 40.9 Å². The molecule has 1 saturated heterocycles. The van der Waals surface area contributed by atoms with E-state index >= 15 is 0 Å². The molecule has 4 rings (SSSR count). The Morgan fingerprint density at radius 1 is 0.885 bits per heavy atom. The minimum absolute atomic E-state index is 0.158. The average Bonchev–Trinajstić information content (AvgIpc) is 3.16. The van der Waals surface area contributed by atoms with Crippen molar-refractivity contribution in [3.8, 4) is 0 Å². The molecule has 1 heterocycles. The first-order valence-electron chi connectivity index (χ1n) is 10.3. The van der Waals surface area contributed by atoms with Crippen LogP contribution in [-0.4, -0.2) is 24.5 Å². The largest absolute Gasteiger partial charge is 0.435 e. The van der Waals surface area contributed by atoms with E-state index in [0.29, 0.717) is 11.3 Å². The molecule has 0 aromatic heterocycles. The minimum atomic E-state index is -0.563. The zero-order valence-corrected chi connectivity index (χ0v) is 16.4. The Kier molecular flexibility index (Phi) is 4.57. The van der Waals surface area contributed by atoms with Gasteiger partial charge in [-0.25, -0.2) is 0 Å². The number of rotatable bonds is 3. The number of ether oxygens (including phenoxy) is 3. The Morgan fingerprint density at radius 3 is 2.19 bits per heavy atom. The van der Waals surface area contributed by atoms with Gasteiger partial charge in [-0.1, -0.05) is 26.7 Å². The van der Waals surface area contributed by atoms with Gasteiger partial charge in [-0.15, -0.1) is 0 Å². The summed E-state index contributed by atoms with van der Waals surface area (Å²) in [6.07, 6.45) is 6.32. The van der Waals surface area contributed by atoms with Crippen molar-refractivity contribution >= 4 is 11.9 Å². The minimum Gasteiger partial charge on any atom is -0.435 e. The van der Waals surface area contributed by atoms with E-state index < -0.39 is 12.6 Å². The zero-order valence-electron chi connectivity index (χ0n) is 16.4. The Morgan fingerprint density at radius 2 is 1.54 bits per heavy atom. The Balaban J connectivity index is 1.52. The van der Waals surface area contributed by atoms with Gasteiger partial charge in [-0.05, 0) is 54.8 Å². The standard InChI is InChI=1S/C21H32O5/c1-11(22)24-19-15-8-7-14-16(13-6-5-9-21(3,4)10-13)17(14)18(15)20(26-19)25-12(2)23/h13-20H,5-10H2,1-4H3/t13?,14-,15+,16?,17?,18+,19+,20-/m0/s1. The summed E-state index contributed by atoms with van der Waals surface area (Å²) in [5.74, 6) is 2.46. The second kappa shape index (κ2) is 6.50. The number of hydrogen-bond acceptors (Lipinski definition) is 5. The lowest BCUT2D eigenvalue weighted by Gasteiger charge is -2.36. The molecule has 5 heteroatoms. The molecule has 0 bridgehead atoms. The molecule has 26 heavy (non-hydrogen) atoms. The lowest BCUT2D eigenvalue weighted by Crippen LogP contribution is -2.32. The van der Waals surface area contributed by atoms with E-state index in [-0.39, 0.29) is 23.8 Å². The van der Waals surface area contributed by atoms with Gasteiger partial charge in [0.05, 0.1) is 0 Å². The van der Waals surface area contributed by atoms with Crippen LogP contribution >= 0.6 is 0 Å². The Labute approximate surface area is 156 Å². The van der Waals surface area contributed by atoms with Crippen molar-refractivity contribution in [2.75, 3.05) is 0 Å². The summed E-state index contributed by atoms with van der Waals surface area (Å²) in [7, 11) is 0. The molecule has 1 aliphatic heterocycles. The summed E-state index contributed by atoms with van der Waals surface area (Å²) in [4.78, 5) is 23.0. The highest BCUT2D eigenvalue weighted by Gasteiger charge is 2.67. The van der Waals surface area contributed by atoms with Crippen LogP contribution in [0.25, 0.3) is 0 Å². The average molecular weight is 364 g/mol. The Bertz CT molecular complexity index is 585. The van der Waals surface area contributed by atoms with Crippen molar-refractivity contribution in [2.45, 2.75) is 78.8 Å². The molecule has 4 fully saturated rings. The summed E-state index contributed by atoms with van der Waals surface area (Å²) in [5, 5.41) is 0. The highest BCUT2D eigenvalue weighted by Crippen LogP contribution is 2.68. The van der Waals surface area contributed by atoms with Crippen LogP contribution < -0.4 is 0 Å². The highest BCUT2D eigenvalue weighted by molar-refractivity contribution is 5.66. The van der Waals surface area contributed by atoms with Crippen LogP contribution in [0.15, 0.2) is 0 Å². The third-order valence-electron chi connectivity index (χ3n) is 7.35. The number of carbonyl (C=O) groups excluding carboxylic acids is 2. The molecule has 146 valence electrons. The topological polar surface area (TPSA) is 61.8 Å². The fourth-order valence-corrected chi connectivity index (χ4v) is 6.54. The van der Waals surface area contributed by atoms with Gasteiger partial charge in [0, 0.05) is 25.7 Å². The summed E-state index contributed by atoms with van der Waals surface area (Å²) in [6, 6.07) is 0. The lowest BCUT2D eigenvalue weighted by molar-refractivity contribution is -0.215. The van der Waals surface area contributed by atoms with Crippen LogP contribution in [0.1, 0.15) is 66.2 Å². The molecule has 4 aliphatic rings. The van der Waals surface area contributed by atoms with Crippen molar-refractivity contribution in [3.63, 3.8) is 0 Å². The zero-order chi connectivity index (χ0) is 18.6. The van der Waals surface area contributed by atoms with Crippen molar-refractivity contribution in [2.24, 2.45) is 40.9 Å². The van der Waals surface area contributed by atoms with Gasteiger partial charge >= 0.3 is 11.9 Å². The molecule has 3 unspecified atom stereocenters. The first kappa shape index (κ1) is 18.3. The van der Waals surface area contributed by atoms with Crippen LogP contribution in [0.2, 0.25) is 0 Å². The van der Waals surface area contributed by atoms with Crippen LogP contribution in [0.4, 0.5) is 0 Å². The monoisotopic (exact) mass is 364 g/mol. The maximum Gasteiger partial charge on any atom is 0.304 e. The summed E-state index contributed by atoms with van der Waals surface area (Å²) in [6.45, 7) is 7.62. The maximum absolute atomic E-state index is 11.6.